The molecule has 5 heteroatoms. The molecule has 0 radical (unpaired) electrons. The summed E-state index contributed by atoms with van der Waals surface area (Å²) in [5.41, 5.74) is 0.608. The monoisotopic (exact) mass is 353 g/mol. The minimum Gasteiger partial charge on any atom is -0.457 e. The van der Waals surface area contributed by atoms with Gasteiger partial charge in [0.25, 0.3) is 0 Å². The highest BCUT2D eigenvalue weighted by atomic mass is 35.5. The maximum absolute atomic E-state index is 13.8. The third-order valence-corrected chi connectivity index (χ3v) is 5.25. The average Bonchev–Trinajstić information content (AvgIpc) is 3.03. The second-order valence-corrected chi connectivity index (χ2v) is 6.67. The lowest BCUT2D eigenvalue weighted by molar-refractivity contribution is 0.351. The number of halogens is 3. The van der Waals surface area contributed by atoms with E-state index in [4.69, 9.17) is 27.9 Å². The molecule has 1 saturated carbocycles. The van der Waals surface area contributed by atoms with E-state index in [1.54, 1.807) is 30.3 Å². The summed E-state index contributed by atoms with van der Waals surface area (Å²) in [6.45, 7) is 0. The van der Waals surface area contributed by atoms with Gasteiger partial charge in [-0.2, -0.15) is 0 Å². The minimum absolute atomic E-state index is 0.242. The van der Waals surface area contributed by atoms with Crippen molar-refractivity contribution < 1.29 is 9.13 Å². The molecule has 122 valence electrons. The van der Waals surface area contributed by atoms with Gasteiger partial charge < -0.3 is 10.1 Å². The van der Waals surface area contributed by atoms with E-state index >= 15 is 0 Å². The van der Waals surface area contributed by atoms with Gasteiger partial charge in [0.15, 0.2) is 0 Å². The van der Waals surface area contributed by atoms with E-state index < -0.39 is 0 Å². The largest absolute Gasteiger partial charge is 0.457 e. The van der Waals surface area contributed by atoms with Gasteiger partial charge >= 0.3 is 0 Å². The lowest BCUT2D eigenvalue weighted by atomic mass is 9.87. The zero-order valence-corrected chi connectivity index (χ0v) is 14.3. The van der Waals surface area contributed by atoms with Crippen molar-refractivity contribution in [3.8, 4) is 11.5 Å². The summed E-state index contributed by atoms with van der Waals surface area (Å²) < 4.78 is 19.8. The Hall–Kier alpha value is -1.29. The van der Waals surface area contributed by atoms with E-state index in [1.165, 1.54) is 6.07 Å². The quantitative estimate of drug-likeness (QED) is 0.737. The highest BCUT2D eigenvalue weighted by Gasteiger charge is 2.36. The second-order valence-electron chi connectivity index (χ2n) is 5.86. The number of benzene rings is 2. The van der Waals surface area contributed by atoms with Gasteiger partial charge in [0.2, 0.25) is 0 Å². The van der Waals surface area contributed by atoms with E-state index in [0.29, 0.717) is 21.5 Å². The molecule has 2 aromatic carbocycles. The standard InChI is InChI=1S/C18H18Cl2FNO/c1-22-18(8-2-3-9-18)14-10-12(21)4-7-17(14)23-13-5-6-15(19)16(20)11-13/h4-7,10-11,22H,2-3,8-9H2,1H3. The fraction of sp³-hybridized carbons (Fsp3) is 0.333. The van der Waals surface area contributed by atoms with Crippen LogP contribution in [0.5, 0.6) is 11.5 Å². The molecule has 2 nitrogen and oxygen atoms in total. The Morgan fingerprint density at radius 3 is 2.43 bits per heavy atom. The van der Waals surface area contributed by atoms with Crippen molar-refractivity contribution in [2.24, 2.45) is 0 Å². The van der Waals surface area contributed by atoms with Crippen molar-refractivity contribution in [3.63, 3.8) is 0 Å². The summed E-state index contributed by atoms with van der Waals surface area (Å²) in [6, 6.07) is 9.75. The van der Waals surface area contributed by atoms with Crippen molar-refractivity contribution in [1.29, 1.82) is 0 Å². The first-order valence-electron chi connectivity index (χ1n) is 7.66. The van der Waals surface area contributed by atoms with Gasteiger partial charge in [-0.3, -0.25) is 0 Å². The van der Waals surface area contributed by atoms with Gasteiger partial charge in [0, 0.05) is 17.2 Å². The maximum Gasteiger partial charge on any atom is 0.132 e. The smallest absolute Gasteiger partial charge is 0.132 e. The van der Waals surface area contributed by atoms with Crippen LogP contribution in [0.2, 0.25) is 10.0 Å². The van der Waals surface area contributed by atoms with Crippen LogP contribution in [0.4, 0.5) is 4.39 Å². The van der Waals surface area contributed by atoms with Crippen molar-refractivity contribution in [2.45, 2.75) is 31.2 Å². The van der Waals surface area contributed by atoms with Gasteiger partial charge in [0.05, 0.1) is 10.0 Å². The molecule has 1 N–H and O–H groups in total. The van der Waals surface area contributed by atoms with Crippen LogP contribution >= 0.6 is 23.2 Å². The van der Waals surface area contributed by atoms with Crippen molar-refractivity contribution in [1.82, 2.24) is 5.32 Å². The van der Waals surface area contributed by atoms with E-state index in [1.807, 2.05) is 7.05 Å². The number of hydrogen-bond donors (Lipinski definition) is 1. The molecule has 0 bridgehead atoms. The molecule has 1 aliphatic carbocycles. The van der Waals surface area contributed by atoms with Crippen molar-refractivity contribution in [2.75, 3.05) is 7.05 Å². The Labute approximate surface area is 145 Å². The van der Waals surface area contributed by atoms with Crippen LogP contribution in [0.1, 0.15) is 31.2 Å². The summed E-state index contributed by atoms with van der Waals surface area (Å²) in [6.07, 6.45) is 4.16. The van der Waals surface area contributed by atoms with Crippen LogP contribution in [0, 0.1) is 5.82 Å². The molecule has 0 amide bonds. The Kier molecular flexibility index (Phi) is 4.81. The molecule has 0 heterocycles. The summed E-state index contributed by atoms with van der Waals surface area (Å²) >= 11 is 12.0. The maximum atomic E-state index is 13.8. The fourth-order valence-electron chi connectivity index (χ4n) is 3.27. The molecule has 0 atom stereocenters. The Balaban J connectivity index is 2.00. The van der Waals surface area contributed by atoms with Crippen LogP contribution in [0.25, 0.3) is 0 Å². The summed E-state index contributed by atoms with van der Waals surface area (Å²) in [5.74, 6) is 0.959. The number of hydrogen-bond acceptors (Lipinski definition) is 2. The fourth-order valence-corrected chi connectivity index (χ4v) is 3.55. The first-order valence-corrected chi connectivity index (χ1v) is 8.41. The predicted octanol–water partition coefficient (Wildman–Crippen LogP) is 5.91. The second kappa shape index (κ2) is 6.68. The number of ether oxygens (including phenoxy) is 1. The molecule has 2 aromatic rings. The highest BCUT2D eigenvalue weighted by Crippen LogP contribution is 2.44. The van der Waals surface area contributed by atoms with E-state index in [2.05, 4.69) is 5.32 Å². The molecule has 0 spiro atoms. The van der Waals surface area contributed by atoms with Gasteiger partial charge in [-0.25, -0.2) is 4.39 Å². The zero-order valence-electron chi connectivity index (χ0n) is 12.8. The Bertz CT molecular complexity index is 714. The predicted molar refractivity (Wildman–Crippen MR) is 92.1 cm³/mol. The molecular formula is C18H18Cl2FNO. The highest BCUT2D eigenvalue weighted by molar-refractivity contribution is 6.42. The van der Waals surface area contributed by atoms with Crippen LogP contribution in [0.15, 0.2) is 36.4 Å². The normalized spacial score (nSPS) is 16.5. The van der Waals surface area contributed by atoms with Crippen LogP contribution < -0.4 is 10.1 Å². The first kappa shape index (κ1) is 16.6. The SMILES string of the molecule is CNC1(c2cc(F)ccc2Oc2ccc(Cl)c(Cl)c2)CCCC1. The van der Waals surface area contributed by atoms with Gasteiger partial charge in [0.1, 0.15) is 17.3 Å². The average molecular weight is 354 g/mol. The lowest BCUT2D eigenvalue weighted by Crippen LogP contribution is -2.37. The molecule has 0 aliphatic heterocycles. The topological polar surface area (TPSA) is 21.3 Å². The summed E-state index contributed by atoms with van der Waals surface area (Å²) in [5, 5.41) is 4.27. The molecule has 3 rings (SSSR count). The first-order chi connectivity index (χ1) is 11.0. The molecule has 0 unspecified atom stereocenters. The molecule has 0 aromatic heterocycles. The zero-order chi connectivity index (χ0) is 16.4. The number of nitrogens with one attached hydrogen (secondary N) is 1. The Morgan fingerprint density at radius 1 is 1.04 bits per heavy atom. The van der Waals surface area contributed by atoms with Gasteiger partial charge in [-0.05, 0) is 50.2 Å². The molecule has 23 heavy (non-hydrogen) atoms. The summed E-state index contributed by atoms with van der Waals surface area (Å²) in [4.78, 5) is 0. The molecule has 1 fully saturated rings. The molecule has 1 aliphatic rings. The molecular weight excluding hydrogens is 336 g/mol. The number of rotatable bonds is 4. The summed E-state index contributed by atoms with van der Waals surface area (Å²) in [7, 11) is 1.92. The van der Waals surface area contributed by atoms with E-state index in [9.17, 15) is 4.39 Å². The minimum atomic E-state index is -0.261. The van der Waals surface area contributed by atoms with E-state index in [0.717, 1.165) is 31.2 Å². The van der Waals surface area contributed by atoms with Gasteiger partial charge in [-0.15, -0.1) is 0 Å². The van der Waals surface area contributed by atoms with Crippen LogP contribution in [-0.4, -0.2) is 7.05 Å². The van der Waals surface area contributed by atoms with Gasteiger partial charge in [-0.1, -0.05) is 36.0 Å². The molecule has 0 saturated heterocycles. The van der Waals surface area contributed by atoms with Crippen LogP contribution in [-0.2, 0) is 5.54 Å². The van der Waals surface area contributed by atoms with E-state index in [-0.39, 0.29) is 11.4 Å². The van der Waals surface area contributed by atoms with Crippen molar-refractivity contribution >= 4 is 23.2 Å². The third-order valence-electron chi connectivity index (χ3n) is 4.51. The lowest BCUT2D eigenvalue weighted by Gasteiger charge is -2.31. The Morgan fingerprint density at radius 2 is 1.78 bits per heavy atom. The van der Waals surface area contributed by atoms with Crippen molar-refractivity contribution in [3.05, 3.63) is 57.8 Å². The third kappa shape index (κ3) is 3.32. The van der Waals surface area contributed by atoms with Crippen LogP contribution in [0.3, 0.4) is 0 Å².